The molecule has 0 atom stereocenters. The van der Waals surface area contributed by atoms with E-state index in [0.717, 1.165) is 83.3 Å². The molecule has 9 nitrogen and oxygen atoms in total. The lowest BCUT2D eigenvalue weighted by Gasteiger charge is -2.31. The summed E-state index contributed by atoms with van der Waals surface area (Å²) < 4.78 is 5.35. The lowest BCUT2D eigenvalue weighted by atomic mass is 9.96. The first-order chi connectivity index (χ1) is 14.2. The molecule has 0 aromatic carbocycles. The highest BCUT2D eigenvalue weighted by Crippen LogP contribution is 2.31. The summed E-state index contributed by atoms with van der Waals surface area (Å²) in [6.07, 6.45) is 4.22. The minimum Gasteiger partial charge on any atom is -0.379 e. The molecule has 0 saturated carbocycles. The molecule has 4 heterocycles. The van der Waals surface area contributed by atoms with Crippen LogP contribution in [0.15, 0.2) is 0 Å². The fourth-order valence-electron chi connectivity index (χ4n) is 4.09. The Morgan fingerprint density at radius 3 is 2.59 bits per heavy atom. The second-order valence-electron chi connectivity index (χ2n) is 7.88. The summed E-state index contributed by atoms with van der Waals surface area (Å²) in [6, 6.07) is 0. The van der Waals surface area contributed by atoms with Gasteiger partial charge in [0.25, 0.3) is 0 Å². The number of nitrogens with zero attached hydrogens (tertiary/aromatic N) is 5. The van der Waals surface area contributed by atoms with Crippen molar-refractivity contribution in [2.45, 2.75) is 32.1 Å². The van der Waals surface area contributed by atoms with Gasteiger partial charge < -0.3 is 15.0 Å². The summed E-state index contributed by atoms with van der Waals surface area (Å²) in [5.41, 5.74) is 0. The second kappa shape index (κ2) is 9.82. The van der Waals surface area contributed by atoms with E-state index in [0.29, 0.717) is 18.1 Å². The maximum Gasteiger partial charge on any atom is 0.228 e. The summed E-state index contributed by atoms with van der Waals surface area (Å²) in [4.78, 5) is 30.8. The van der Waals surface area contributed by atoms with E-state index in [1.165, 1.54) is 11.3 Å². The molecular formula is C19H30N6O3S. The van der Waals surface area contributed by atoms with Crippen LogP contribution in [-0.2, 0) is 14.3 Å². The van der Waals surface area contributed by atoms with Crippen LogP contribution in [0.5, 0.6) is 0 Å². The molecule has 1 aromatic rings. The molecule has 0 radical (unpaired) electrons. The van der Waals surface area contributed by atoms with E-state index in [4.69, 9.17) is 4.74 Å². The lowest BCUT2D eigenvalue weighted by molar-refractivity contribution is -0.125. The van der Waals surface area contributed by atoms with Crippen molar-refractivity contribution in [1.29, 1.82) is 0 Å². The number of morpholine rings is 1. The van der Waals surface area contributed by atoms with Crippen LogP contribution < -0.4 is 15.1 Å². The number of nitrogens with one attached hydrogen (secondary N) is 1. The minimum atomic E-state index is 0.0620. The van der Waals surface area contributed by atoms with Crippen LogP contribution in [0, 0.1) is 5.92 Å². The number of rotatable bonds is 6. The number of anilines is 2. The highest BCUT2D eigenvalue weighted by Gasteiger charge is 2.28. The second-order valence-corrected chi connectivity index (χ2v) is 8.81. The molecule has 1 aromatic heterocycles. The number of hydrogen-bond donors (Lipinski definition) is 1. The van der Waals surface area contributed by atoms with Crippen molar-refractivity contribution in [1.82, 2.24) is 20.4 Å². The third kappa shape index (κ3) is 5.23. The number of ether oxygens (including phenoxy) is 1. The quantitative estimate of drug-likeness (QED) is 0.722. The summed E-state index contributed by atoms with van der Waals surface area (Å²) >= 11 is 1.48. The van der Waals surface area contributed by atoms with Gasteiger partial charge in [0.05, 0.1) is 13.2 Å². The van der Waals surface area contributed by atoms with E-state index >= 15 is 0 Å². The van der Waals surface area contributed by atoms with Crippen LogP contribution in [0.2, 0.25) is 0 Å². The van der Waals surface area contributed by atoms with Crippen LogP contribution in [0.4, 0.5) is 10.3 Å². The van der Waals surface area contributed by atoms with Gasteiger partial charge in [0, 0.05) is 58.2 Å². The first kappa shape index (κ1) is 20.5. The molecule has 3 aliphatic heterocycles. The third-order valence-corrected chi connectivity index (χ3v) is 6.93. The molecule has 3 aliphatic rings. The van der Waals surface area contributed by atoms with Crippen molar-refractivity contribution < 1.29 is 14.3 Å². The number of carbonyl (C=O) groups excluding carboxylic acids is 2. The van der Waals surface area contributed by atoms with Gasteiger partial charge in [-0.3, -0.25) is 19.4 Å². The predicted molar refractivity (Wildman–Crippen MR) is 111 cm³/mol. The first-order valence-corrected chi connectivity index (χ1v) is 11.5. The van der Waals surface area contributed by atoms with Crippen molar-refractivity contribution >= 4 is 33.4 Å². The molecule has 3 fully saturated rings. The summed E-state index contributed by atoms with van der Waals surface area (Å²) in [6.45, 7) is 7.37. The van der Waals surface area contributed by atoms with Crippen LogP contribution in [0.1, 0.15) is 32.1 Å². The monoisotopic (exact) mass is 422 g/mol. The fraction of sp³-hybridized carbons (Fsp3) is 0.789. The van der Waals surface area contributed by atoms with Crippen molar-refractivity contribution in [3.63, 3.8) is 0 Å². The van der Waals surface area contributed by atoms with Gasteiger partial charge >= 0.3 is 0 Å². The molecule has 0 spiro atoms. The Morgan fingerprint density at radius 2 is 1.83 bits per heavy atom. The summed E-state index contributed by atoms with van der Waals surface area (Å²) in [7, 11) is 0. The number of hydrogen-bond acceptors (Lipinski definition) is 8. The molecule has 0 aliphatic carbocycles. The number of carbonyl (C=O) groups is 2. The van der Waals surface area contributed by atoms with Gasteiger partial charge in [-0.2, -0.15) is 0 Å². The maximum atomic E-state index is 12.5. The van der Waals surface area contributed by atoms with E-state index in [1.807, 2.05) is 0 Å². The Hall–Kier alpha value is -1.78. The fourth-order valence-corrected chi connectivity index (χ4v) is 5.03. The summed E-state index contributed by atoms with van der Waals surface area (Å²) in [5.74, 6) is 0.369. The van der Waals surface area contributed by atoms with Crippen molar-refractivity contribution in [2.24, 2.45) is 5.92 Å². The molecule has 10 heteroatoms. The van der Waals surface area contributed by atoms with Gasteiger partial charge in [-0.15, -0.1) is 10.2 Å². The van der Waals surface area contributed by atoms with Gasteiger partial charge in [0.2, 0.25) is 22.1 Å². The highest BCUT2D eigenvalue weighted by atomic mass is 32.1. The maximum absolute atomic E-state index is 12.5. The highest BCUT2D eigenvalue weighted by molar-refractivity contribution is 7.19. The zero-order chi connectivity index (χ0) is 20.1. The van der Waals surface area contributed by atoms with Crippen molar-refractivity contribution in [3.05, 3.63) is 0 Å². The molecule has 0 bridgehead atoms. The Bertz CT molecular complexity index is 700. The average molecular weight is 423 g/mol. The Balaban J connectivity index is 1.21. The zero-order valence-electron chi connectivity index (χ0n) is 16.8. The van der Waals surface area contributed by atoms with Crippen LogP contribution >= 0.6 is 11.3 Å². The molecule has 2 amide bonds. The number of amides is 2. The minimum absolute atomic E-state index is 0.0620. The van der Waals surface area contributed by atoms with Crippen molar-refractivity contribution in [2.75, 3.05) is 68.8 Å². The van der Waals surface area contributed by atoms with Gasteiger partial charge in [0.15, 0.2) is 0 Å². The topological polar surface area (TPSA) is 90.9 Å². The third-order valence-electron chi connectivity index (χ3n) is 5.93. The van der Waals surface area contributed by atoms with E-state index in [-0.39, 0.29) is 17.7 Å². The first-order valence-electron chi connectivity index (χ1n) is 10.7. The molecule has 160 valence electrons. The largest absolute Gasteiger partial charge is 0.379 e. The lowest BCUT2D eigenvalue weighted by Crippen LogP contribution is -2.44. The van der Waals surface area contributed by atoms with E-state index in [9.17, 15) is 9.59 Å². The number of piperidine rings is 2. The van der Waals surface area contributed by atoms with Crippen LogP contribution in [-0.4, -0.2) is 85.9 Å². The van der Waals surface area contributed by atoms with E-state index in [1.54, 1.807) is 4.90 Å². The van der Waals surface area contributed by atoms with E-state index < -0.39 is 0 Å². The van der Waals surface area contributed by atoms with Gasteiger partial charge in [-0.1, -0.05) is 11.3 Å². The summed E-state index contributed by atoms with van der Waals surface area (Å²) in [5, 5.41) is 13.2. The van der Waals surface area contributed by atoms with E-state index in [2.05, 4.69) is 25.3 Å². The Labute approximate surface area is 175 Å². The van der Waals surface area contributed by atoms with Gasteiger partial charge in [0.1, 0.15) is 0 Å². The molecule has 4 rings (SSSR count). The average Bonchev–Trinajstić information content (AvgIpc) is 3.25. The Morgan fingerprint density at radius 1 is 1.07 bits per heavy atom. The van der Waals surface area contributed by atoms with Crippen LogP contribution in [0.25, 0.3) is 0 Å². The molecule has 1 N–H and O–H groups in total. The Kier molecular flexibility index (Phi) is 6.94. The number of aromatic nitrogens is 2. The molecular weight excluding hydrogens is 392 g/mol. The van der Waals surface area contributed by atoms with Crippen LogP contribution in [0.3, 0.4) is 0 Å². The van der Waals surface area contributed by atoms with Gasteiger partial charge in [-0.05, 0) is 25.7 Å². The normalized spacial score (nSPS) is 22.1. The zero-order valence-corrected chi connectivity index (χ0v) is 17.7. The SMILES string of the molecule is O=C(NCCN1CCOCC1)C1CCN(c2nnc(N3CCCCC3=O)s2)CC1. The predicted octanol–water partition coefficient (Wildman–Crippen LogP) is 0.720. The molecule has 0 unspecified atom stereocenters. The standard InChI is InChI=1S/C19H30N6O3S/c26-16-3-1-2-7-25(16)19-22-21-18(29-19)24-8-4-15(5-9-24)17(27)20-6-10-23-11-13-28-14-12-23/h15H,1-14H2,(H,20,27). The van der Waals surface area contributed by atoms with Crippen molar-refractivity contribution in [3.8, 4) is 0 Å². The van der Waals surface area contributed by atoms with Gasteiger partial charge in [-0.25, -0.2) is 0 Å². The molecule has 3 saturated heterocycles. The smallest absolute Gasteiger partial charge is 0.228 e. The molecule has 29 heavy (non-hydrogen) atoms.